The van der Waals surface area contributed by atoms with Gasteiger partial charge in [-0.3, -0.25) is 15.0 Å². The molecule has 3 aromatic heterocycles. The fraction of sp³-hybridized carbons (Fsp3) is 0.206. The Morgan fingerprint density at radius 1 is 0.585 bits per heavy atom. The molecule has 0 fully saturated rings. The third-order valence-electron chi connectivity index (χ3n) is 7.49. The van der Waals surface area contributed by atoms with Gasteiger partial charge in [-0.15, -0.1) is 0 Å². The van der Waals surface area contributed by atoms with Crippen molar-refractivity contribution in [1.82, 2.24) is 15.0 Å². The van der Waals surface area contributed by atoms with E-state index in [1.54, 1.807) is 30.7 Å². The summed E-state index contributed by atoms with van der Waals surface area (Å²) in [5.74, 6) is 0.174. The van der Waals surface area contributed by atoms with Crippen LogP contribution in [0.4, 0.5) is 0 Å². The molecule has 0 saturated heterocycles. The van der Waals surface area contributed by atoms with Crippen molar-refractivity contribution < 1.29 is 10.2 Å². The van der Waals surface area contributed by atoms with Crippen LogP contribution in [-0.4, -0.2) is 25.2 Å². The molecule has 5 rings (SSSR count). The highest BCUT2D eigenvalue weighted by molar-refractivity contribution is 5.52. The molecule has 0 spiro atoms. The number of nitrogens with zero attached hydrogens (tertiary/aromatic N) is 3. The Labute approximate surface area is 240 Å². The van der Waals surface area contributed by atoms with E-state index in [-0.39, 0.29) is 17.9 Å². The van der Waals surface area contributed by atoms with Crippen molar-refractivity contribution in [1.29, 1.82) is 0 Å². The van der Waals surface area contributed by atoms with E-state index >= 15 is 0 Å². The average Bonchev–Trinajstić information content (AvgIpc) is 2.97. The van der Waals surface area contributed by atoms with Crippen LogP contribution in [0.25, 0.3) is 0 Å². The third-order valence-corrected chi connectivity index (χ3v) is 7.49. The van der Waals surface area contributed by atoms with E-state index in [2.05, 4.69) is 15.0 Å². The molecule has 41 heavy (non-hydrogen) atoms. The summed E-state index contributed by atoms with van der Waals surface area (Å²) < 4.78 is 0. The lowest BCUT2D eigenvalue weighted by molar-refractivity contribution is 0.360. The summed E-state index contributed by atoms with van der Waals surface area (Å²) in [6.07, 6.45) is 6.55. The molecule has 7 nitrogen and oxygen atoms in total. The maximum absolute atomic E-state index is 12.1. The summed E-state index contributed by atoms with van der Waals surface area (Å²) >= 11 is 0. The molecule has 3 heterocycles. The molecule has 0 bridgehead atoms. The van der Waals surface area contributed by atoms with Crippen molar-refractivity contribution in [3.8, 4) is 11.5 Å². The first-order valence-electron chi connectivity index (χ1n) is 13.6. The van der Waals surface area contributed by atoms with Crippen LogP contribution in [0, 0.1) is 6.92 Å². The lowest BCUT2D eigenvalue weighted by atomic mass is 9.75. The number of nitrogens with two attached hydrogens (primary N) is 2. The summed E-state index contributed by atoms with van der Waals surface area (Å²) in [4.78, 5) is 13.6. The number of benzene rings is 2. The Morgan fingerprint density at radius 3 is 1.41 bits per heavy atom. The van der Waals surface area contributed by atoms with Crippen LogP contribution in [0.15, 0.2) is 110 Å². The highest BCUT2D eigenvalue weighted by atomic mass is 16.3. The van der Waals surface area contributed by atoms with Gasteiger partial charge in [0.2, 0.25) is 0 Å². The molecule has 0 saturated carbocycles. The van der Waals surface area contributed by atoms with Crippen LogP contribution in [-0.2, 0) is 36.8 Å². The Hall–Kier alpha value is -4.59. The first kappa shape index (κ1) is 28.0. The highest BCUT2D eigenvalue weighted by Gasteiger charge is 2.38. The van der Waals surface area contributed by atoms with E-state index in [1.807, 2.05) is 85.8 Å². The van der Waals surface area contributed by atoms with E-state index in [9.17, 15) is 10.2 Å². The third kappa shape index (κ3) is 6.43. The van der Waals surface area contributed by atoms with Gasteiger partial charge in [0.15, 0.2) is 0 Å². The molecule has 2 aromatic carbocycles. The zero-order valence-corrected chi connectivity index (χ0v) is 23.1. The highest BCUT2D eigenvalue weighted by Crippen LogP contribution is 2.42. The molecule has 1 unspecified atom stereocenters. The SMILES string of the molecule is Cc1cc(C(N)(Cc2ccccn2)Cc2ccccn2)c(O)c(C(N)(Cc2ccccn2)Cc2ccccc2O)c1. The Balaban J connectivity index is 1.66. The Morgan fingerprint density at radius 2 is 1.00 bits per heavy atom. The van der Waals surface area contributed by atoms with E-state index in [0.29, 0.717) is 36.0 Å². The molecular weight excluding hydrogens is 510 g/mol. The molecular formula is C34H35N5O2. The van der Waals surface area contributed by atoms with E-state index in [0.717, 1.165) is 22.6 Å². The van der Waals surface area contributed by atoms with Gasteiger partial charge in [-0.2, -0.15) is 0 Å². The monoisotopic (exact) mass is 545 g/mol. The number of phenols is 2. The zero-order chi connectivity index (χ0) is 28.9. The van der Waals surface area contributed by atoms with Gasteiger partial charge in [0.1, 0.15) is 11.5 Å². The first-order chi connectivity index (χ1) is 19.8. The minimum absolute atomic E-state index is 0.0267. The molecule has 1 atom stereocenters. The quantitative estimate of drug-likeness (QED) is 0.197. The van der Waals surface area contributed by atoms with Crippen molar-refractivity contribution in [3.05, 3.63) is 149 Å². The predicted molar refractivity (Wildman–Crippen MR) is 160 cm³/mol. The van der Waals surface area contributed by atoms with Crippen LogP contribution in [0.2, 0.25) is 0 Å². The molecule has 0 aliphatic rings. The molecule has 6 N–H and O–H groups in total. The fourth-order valence-corrected chi connectivity index (χ4v) is 5.52. The molecule has 0 amide bonds. The van der Waals surface area contributed by atoms with Gasteiger partial charge in [0.25, 0.3) is 0 Å². The summed E-state index contributed by atoms with van der Waals surface area (Å²) in [5.41, 5.74) is 17.4. The second kappa shape index (κ2) is 11.9. The number of aromatic hydroxyl groups is 2. The molecule has 0 radical (unpaired) electrons. The fourth-order valence-electron chi connectivity index (χ4n) is 5.52. The lowest BCUT2D eigenvalue weighted by Crippen LogP contribution is -2.44. The lowest BCUT2D eigenvalue weighted by Gasteiger charge is -2.36. The van der Waals surface area contributed by atoms with Crippen molar-refractivity contribution in [2.24, 2.45) is 11.5 Å². The summed E-state index contributed by atoms with van der Waals surface area (Å²) in [6, 6.07) is 28.1. The zero-order valence-electron chi connectivity index (χ0n) is 23.1. The van der Waals surface area contributed by atoms with Gasteiger partial charge in [-0.05, 0) is 61.4 Å². The van der Waals surface area contributed by atoms with E-state index < -0.39 is 11.1 Å². The number of phenolic OH excluding ortho intramolecular Hbond substituents is 2. The number of aryl methyl sites for hydroxylation is 1. The second-order valence-corrected chi connectivity index (χ2v) is 10.8. The minimum atomic E-state index is -1.12. The van der Waals surface area contributed by atoms with Gasteiger partial charge < -0.3 is 21.7 Å². The minimum Gasteiger partial charge on any atom is -0.508 e. The van der Waals surface area contributed by atoms with Crippen LogP contribution in [0.5, 0.6) is 11.5 Å². The number of rotatable bonds is 10. The van der Waals surface area contributed by atoms with Crippen molar-refractivity contribution in [3.63, 3.8) is 0 Å². The first-order valence-corrected chi connectivity index (χ1v) is 13.6. The van der Waals surface area contributed by atoms with Gasteiger partial charge in [0, 0.05) is 66.1 Å². The number of hydrogen-bond acceptors (Lipinski definition) is 7. The van der Waals surface area contributed by atoms with E-state index in [1.165, 1.54) is 0 Å². The van der Waals surface area contributed by atoms with Crippen LogP contribution in [0.1, 0.15) is 39.3 Å². The molecule has 0 aliphatic heterocycles. The Bertz CT molecular complexity index is 1550. The van der Waals surface area contributed by atoms with Crippen LogP contribution in [0.3, 0.4) is 0 Å². The maximum atomic E-state index is 12.1. The molecule has 5 aromatic rings. The maximum Gasteiger partial charge on any atom is 0.125 e. The topological polar surface area (TPSA) is 131 Å². The van der Waals surface area contributed by atoms with Crippen LogP contribution >= 0.6 is 0 Å². The van der Waals surface area contributed by atoms with Gasteiger partial charge in [-0.1, -0.05) is 54.1 Å². The van der Waals surface area contributed by atoms with Gasteiger partial charge in [0.05, 0.1) is 11.1 Å². The Kier molecular flexibility index (Phi) is 8.10. The normalized spacial score (nSPS) is 13.0. The number of hydrogen-bond donors (Lipinski definition) is 4. The number of aromatic nitrogens is 3. The van der Waals surface area contributed by atoms with E-state index in [4.69, 9.17) is 11.5 Å². The summed E-state index contributed by atoms with van der Waals surface area (Å²) in [7, 11) is 0. The summed E-state index contributed by atoms with van der Waals surface area (Å²) in [5, 5.41) is 22.7. The number of pyridine rings is 3. The second-order valence-electron chi connectivity index (χ2n) is 10.8. The van der Waals surface area contributed by atoms with Crippen molar-refractivity contribution in [2.75, 3.05) is 0 Å². The van der Waals surface area contributed by atoms with Crippen molar-refractivity contribution >= 4 is 0 Å². The van der Waals surface area contributed by atoms with Crippen molar-refractivity contribution in [2.45, 2.75) is 43.7 Å². The molecule has 0 aliphatic carbocycles. The predicted octanol–water partition coefficient (Wildman–Crippen LogP) is 4.87. The van der Waals surface area contributed by atoms with Gasteiger partial charge in [-0.25, -0.2) is 0 Å². The van der Waals surface area contributed by atoms with Gasteiger partial charge >= 0.3 is 0 Å². The standard InChI is InChI=1S/C34H35N5O2/c1-24-18-29(33(35,21-26-11-4-7-15-37-26)20-25-10-2-3-14-31(25)40)32(41)30(19-24)34(36,22-27-12-5-8-16-38-27)23-28-13-6-9-17-39-28/h2-19,40-41H,20-23,35-36H2,1H3. The van der Waals surface area contributed by atoms with Crippen LogP contribution < -0.4 is 11.5 Å². The molecule has 7 heteroatoms. The number of para-hydroxylation sites is 1. The molecule has 208 valence electrons. The largest absolute Gasteiger partial charge is 0.508 e. The summed E-state index contributed by atoms with van der Waals surface area (Å²) in [6.45, 7) is 1.97. The average molecular weight is 546 g/mol. The smallest absolute Gasteiger partial charge is 0.125 e.